The second-order valence-electron chi connectivity index (χ2n) is 15.6. The van der Waals surface area contributed by atoms with Crippen LogP contribution in [-0.2, 0) is 5.41 Å². The maximum atomic E-state index is 2.56. The first-order valence-electron chi connectivity index (χ1n) is 20.8. The number of rotatable bonds is 8. The standard InChI is InChI=1S/C59H41N/c1-6-21-42(22-7-1)50-34-20-35-51(43-23-8-2-9-24-43)58(50)60(56-40-37-44-25-16-17-32-49(44)57(56)45-26-10-3-11-27-45)48-38-39-53-52-33-18-19-36-54(52)59(55(53)41-48,46-28-12-4-13-29-46)47-30-14-5-15-31-47/h1-41H. The lowest BCUT2D eigenvalue weighted by Crippen LogP contribution is -2.28. The van der Waals surface area contributed by atoms with E-state index in [1.165, 1.54) is 55.3 Å². The fraction of sp³-hybridized carbons (Fsp3) is 0.0169. The molecule has 0 radical (unpaired) electrons. The van der Waals surface area contributed by atoms with Crippen molar-refractivity contribution in [2.45, 2.75) is 5.41 Å². The zero-order valence-electron chi connectivity index (χ0n) is 33.1. The summed E-state index contributed by atoms with van der Waals surface area (Å²) >= 11 is 0. The lowest BCUT2D eigenvalue weighted by Gasteiger charge is -2.36. The minimum Gasteiger partial charge on any atom is -0.309 e. The Hall–Kier alpha value is -7.74. The molecule has 0 N–H and O–H groups in total. The number of anilines is 3. The van der Waals surface area contributed by atoms with Crippen LogP contribution in [0.3, 0.4) is 0 Å². The maximum absolute atomic E-state index is 2.56. The van der Waals surface area contributed by atoms with Gasteiger partial charge in [0.25, 0.3) is 0 Å². The first kappa shape index (κ1) is 35.4. The summed E-state index contributed by atoms with van der Waals surface area (Å²) in [5.74, 6) is 0. The summed E-state index contributed by atoms with van der Waals surface area (Å²) in [5.41, 5.74) is 17.4. The number of benzene rings is 10. The first-order chi connectivity index (χ1) is 29.8. The third-order valence-corrected chi connectivity index (χ3v) is 12.3. The second kappa shape index (κ2) is 14.9. The smallest absolute Gasteiger partial charge is 0.0714 e. The van der Waals surface area contributed by atoms with Gasteiger partial charge in [-0.1, -0.05) is 231 Å². The molecule has 11 rings (SSSR count). The van der Waals surface area contributed by atoms with Crippen LogP contribution in [0, 0.1) is 0 Å². The minimum absolute atomic E-state index is 0.553. The molecule has 0 atom stereocenters. The molecule has 10 aromatic rings. The van der Waals surface area contributed by atoms with Crippen LogP contribution in [0.5, 0.6) is 0 Å². The molecule has 0 saturated heterocycles. The Labute approximate surface area is 352 Å². The van der Waals surface area contributed by atoms with Gasteiger partial charge in [-0.05, 0) is 79.0 Å². The van der Waals surface area contributed by atoms with Crippen LogP contribution >= 0.6 is 0 Å². The second-order valence-corrected chi connectivity index (χ2v) is 15.6. The molecule has 0 amide bonds. The van der Waals surface area contributed by atoms with Crippen LogP contribution in [0.25, 0.3) is 55.3 Å². The van der Waals surface area contributed by atoms with E-state index in [1.54, 1.807) is 0 Å². The van der Waals surface area contributed by atoms with Crippen LogP contribution in [0.15, 0.2) is 249 Å². The molecular weight excluding hydrogens is 723 g/mol. The van der Waals surface area contributed by atoms with Gasteiger partial charge in [-0.15, -0.1) is 0 Å². The summed E-state index contributed by atoms with van der Waals surface area (Å²) < 4.78 is 0. The van der Waals surface area contributed by atoms with Gasteiger partial charge in [0.2, 0.25) is 0 Å². The van der Waals surface area contributed by atoms with Crippen molar-refractivity contribution < 1.29 is 0 Å². The van der Waals surface area contributed by atoms with Gasteiger partial charge in [-0.3, -0.25) is 0 Å². The lowest BCUT2D eigenvalue weighted by atomic mass is 9.67. The monoisotopic (exact) mass is 763 g/mol. The number of hydrogen-bond acceptors (Lipinski definition) is 1. The van der Waals surface area contributed by atoms with E-state index in [-0.39, 0.29) is 0 Å². The molecule has 0 heterocycles. The summed E-state index contributed by atoms with van der Waals surface area (Å²) in [4.78, 5) is 2.56. The Bertz CT molecular complexity index is 3020. The molecule has 0 aliphatic heterocycles. The molecule has 282 valence electrons. The highest BCUT2D eigenvalue weighted by atomic mass is 15.2. The van der Waals surface area contributed by atoms with Crippen LogP contribution in [0.4, 0.5) is 17.1 Å². The predicted molar refractivity (Wildman–Crippen MR) is 252 cm³/mol. The van der Waals surface area contributed by atoms with Crippen LogP contribution < -0.4 is 4.90 Å². The molecule has 60 heavy (non-hydrogen) atoms. The third-order valence-electron chi connectivity index (χ3n) is 12.3. The molecular formula is C59H41N. The van der Waals surface area contributed by atoms with Crippen molar-refractivity contribution in [1.82, 2.24) is 0 Å². The van der Waals surface area contributed by atoms with Gasteiger partial charge in [0.1, 0.15) is 0 Å². The van der Waals surface area contributed by atoms with Gasteiger partial charge in [0, 0.05) is 22.4 Å². The van der Waals surface area contributed by atoms with E-state index >= 15 is 0 Å². The highest BCUT2D eigenvalue weighted by Crippen LogP contribution is 2.58. The Morgan fingerprint density at radius 2 is 0.800 bits per heavy atom. The van der Waals surface area contributed by atoms with Gasteiger partial charge in [0.15, 0.2) is 0 Å². The van der Waals surface area contributed by atoms with E-state index < -0.39 is 5.41 Å². The number of nitrogens with zero attached hydrogens (tertiary/aromatic N) is 1. The molecule has 1 heteroatoms. The maximum Gasteiger partial charge on any atom is 0.0714 e. The molecule has 0 fully saturated rings. The zero-order valence-corrected chi connectivity index (χ0v) is 33.1. The van der Waals surface area contributed by atoms with E-state index in [0.29, 0.717) is 0 Å². The first-order valence-corrected chi connectivity index (χ1v) is 20.8. The average molecular weight is 764 g/mol. The lowest BCUT2D eigenvalue weighted by molar-refractivity contribution is 0.768. The highest BCUT2D eigenvalue weighted by Gasteiger charge is 2.46. The number of hydrogen-bond donors (Lipinski definition) is 0. The van der Waals surface area contributed by atoms with Crippen molar-refractivity contribution in [2.75, 3.05) is 4.90 Å². The Balaban J connectivity index is 1.30. The van der Waals surface area contributed by atoms with Gasteiger partial charge < -0.3 is 4.90 Å². The van der Waals surface area contributed by atoms with Crippen molar-refractivity contribution in [3.05, 3.63) is 271 Å². The summed E-state index contributed by atoms with van der Waals surface area (Å²) in [6.07, 6.45) is 0. The largest absolute Gasteiger partial charge is 0.309 e. The van der Waals surface area contributed by atoms with Gasteiger partial charge in [0.05, 0.1) is 16.8 Å². The fourth-order valence-corrected chi connectivity index (χ4v) is 9.80. The van der Waals surface area contributed by atoms with Gasteiger partial charge >= 0.3 is 0 Å². The molecule has 0 unspecified atom stereocenters. The van der Waals surface area contributed by atoms with E-state index in [1.807, 2.05) is 0 Å². The van der Waals surface area contributed by atoms with Crippen LogP contribution in [0.1, 0.15) is 22.3 Å². The predicted octanol–water partition coefficient (Wildman–Crippen LogP) is 15.7. The molecule has 0 bridgehead atoms. The molecule has 10 aromatic carbocycles. The number of para-hydroxylation sites is 1. The minimum atomic E-state index is -0.553. The average Bonchev–Trinajstić information content (AvgIpc) is 3.63. The van der Waals surface area contributed by atoms with Gasteiger partial charge in [-0.2, -0.15) is 0 Å². The Morgan fingerprint density at radius 1 is 0.317 bits per heavy atom. The van der Waals surface area contributed by atoms with E-state index in [2.05, 4.69) is 254 Å². The van der Waals surface area contributed by atoms with Crippen molar-refractivity contribution in [3.8, 4) is 44.5 Å². The molecule has 0 spiro atoms. The third kappa shape index (κ3) is 5.70. The van der Waals surface area contributed by atoms with E-state index in [9.17, 15) is 0 Å². The molecule has 1 aliphatic carbocycles. The topological polar surface area (TPSA) is 3.24 Å². The van der Waals surface area contributed by atoms with Crippen molar-refractivity contribution in [1.29, 1.82) is 0 Å². The molecule has 1 nitrogen and oxygen atoms in total. The summed E-state index contributed by atoms with van der Waals surface area (Å²) in [6, 6.07) is 91.3. The highest BCUT2D eigenvalue weighted by molar-refractivity contribution is 6.08. The Kier molecular flexibility index (Phi) is 8.79. The SMILES string of the molecule is c1ccc(-c2cccc(-c3ccccc3)c2N(c2ccc3c(c2)C(c2ccccc2)(c2ccccc2)c2ccccc2-3)c2ccc3ccccc3c2-c2ccccc2)cc1. The number of fused-ring (bicyclic) bond motifs is 4. The summed E-state index contributed by atoms with van der Waals surface area (Å²) in [7, 11) is 0. The summed E-state index contributed by atoms with van der Waals surface area (Å²) in [6.45, 7) is 0. The van der Waals surface area contributed by atoms with Crippen molar-refractivity contribution >= 4 is 27.8 Å². The van der Waals surface area contributed by atoms with Gasteiger partial charge in [-0.25, -0.2) is 0 Å². The van der Waals surface area contributed by atoms with Crippen molar-refractivity contribution in [2.24, 2.45) is 0 Å². The van der Waals surface area contributed by atoms with Crippen LogP contribution in [0.2, 0.25) is 0 Å². The van der Waals surface area contributed by atoms with E-state index in [4.69, 9.17) is 0 Å². The normalized spacial score (nSPS) is 12.5. The molecule has 0 aromatic heterocycles. The van der Waals surface area contributed by atoms with Crippen molar-refractivity contribution in [3.63, 3.8) is 0 Å². The quantitative estimate of drug-likeness (QED) is 0.149. The molecule has 0 saturated carbocycles. The van der Waals surface area contributed by atoms with E-state index in [0.717, 1.165) is 39.3 Å². The van der Waals surface area contributed by atoms with Crippen LogP contribution in [-0.4, -0.2) is 0 Å². The summed E-state index contributed by atoms with van der Waals surface area (Å²) in [5, 5.41) is 2.41. The fourth-order valence-electron chi connectivity index (χ4n) is 9.80. The Morgan fingerprint density at radius 3 is 1.42 bits per heavy atom. The molecule has 1 aliphatic rings. The zero-order chi connectivity index (χ0) is 39.9.